The highest BCUT2D eigenvalue weighted by Crippen LogP contribution is 2.36. The van der Waals surface area contributed by atoms with Gasteiger partial charge in [0.2, 0.25) is 5.89 Å². The van der Waals surface area contributed by atoms with E-state index >= 15 is 0 Å². The van der Waals surface area contributed by atoms with Gasteiger partial charge in [-0.15, -0.1) is 10.2 Å². The van der Waals surface area contributed by atoms with Crippen molar-refractivity contribution in [3.63, 3.8) is 0 Å². The maximum absolute atomic E-state index is 5.75. The first-order chi connectivity index (χ1) is 10.6. The maximum Gasteiger partial charge on any atom is 0.254 e. The van der Waals surface area contributed by atoms with Crippen LogP contribution in [0.4, 0.5) is 0 Å². The van der Waals surface area contributed by atoms with E-state index in [4.69, 9.17) is 9.15 Å². The molecule has 112 valence electrons. The van der Waals surface area contributed by atoms with Crippen molar-refractivity contribution in [2.75, 3.05) is 0 Å². The molecule has 1 heterocycles. The van der Waals surface area contributed by atoms with Gasteiger partial charge in [-0.25, -0.2) is 0 Å². The van der Waals surface area contributed by atoms with E-state index in [0.717, 1.165) is 19.0 Å². The van der Waals surface area contributed by atoms with Gasteiger partial charge >= 0.3 is 0 Å². The topological polar surface area (TPSA) is 48.2 Å². The number of aromatic nitrogens is 2. The van der Waals surface area contributed by atoms with Crippen molar-refractivity contribution in [3.8, 4) is 17.2 Å². The predicted octanol–water partition coefficient (Wildman–Crippen LogP) is 5.60. The Labute approximate surface area is 152 Å². The molecule has 0 aliphatic carbocycles. The molecule has 0 fully saturated rings. The minimum atomic E-state index is 0.193. The summed E-state index contributed by atoms with van der Waals surface area (Å²) >= 11 is 10.3. The molecule has 0 aliphatic rings. The smallest absolute Gasteiger partial charge is 0.254 e. The summed E-state index contributed by atoms with van der Waals surface area (Å²) in [5.74, 6) is 1.58. The number of halogens is 3. The Balaban J connectivity index is 1.74. The predicted molar refractivity (Wildman–Crippen MR) is 93.6 cm³/mol. The lowest BCUT2D eigenvalue weighted by Gasteiger charge is -2.08. The summed E-state index contributed by atoms with van der Waals surface area (Å²) in [4.78, 5) is 0. The number of hydrogen-bond donors (Lipinski definition) is 0. The van der Waals surface area contributed by atoms with E-state index in [1.54, 1.807) is 0 Å². The highest BCUT2D eigenvalue weighted by atomic mass is 79.9. The molecule has 22 heavy (non-hydrogen) atoms. The van der Waals surface area contributed by atoms with Gasteiger partial charge < -0.3 is 9.15 Å². The Morgan fingerprint density at radius 2 is 1.64 bits per heavy atom. The summed E-state index contributed by atoms with van der Waals surface area (Å²) in [5.41, 5.74) is 0.882. The lowest BCUT2D eigenvalue weighted by atomic mass is 10.2. The Hall–Kier alpha value is -1.18. The van der Waals surface area contributed by atoms with Gasteiger partial charge in [-0.2, -0.15) is 0 Å². The lowest BCUT2D eigenvalue weighted by molar-refractivity contribution is 0.261. The minimum absolute atomic E-state index is 0.193. The quantitative estimate of drug-likeness (QED) is 0.479. The van der Waals surface area contributed by atoms with Crippen LogP contribution in [0.2, 0.25) is 0 Å². The van der Waals surface area contributed by atoms with Crippen molar-refractivity contribution in [2.24, 2.45) is 0 Å². The van der Waals surface area contributed by atoms with Crippen molar-refractivity contribution in [1.29, 1.82) is 0 Å². The van der Waals surface area contributed by atoms with Crippen molar-refractivity contribution < 1.29 is 9.15 Å². The van der Waals surface area contributed by atoms with Crippen LogP contribution in [0, 0.1) is 0 Å². The third kappa shape index (κ3) is 3.59. The monoisotopic (exact) mass is 486 g/mol. The molecule has 1 aromatic heterocycles. The Bertz CT molecular complexity index is 767. The zero-order valence-electron chi connectivity index (χ0n) is 11.1. The SMILES string of the molecule is Brc1cc(Br)c(OCc2nnc(-c3ccccc3)o2)c(Br)c1. The standard InChI is InChI=1S/C15H9Br3N2O2/c16-10-6-11(17)14(12(18)7-10)21-8-13-19-20-15(22-13)9-4-2-1-3-5-9/h1-7H,8H2. The molecule has 4 nitrogen and oxygen atoms in total. The van der Waals surface area contributed by atoms with E-state index in [0.29, 0.717) is 17.5 Å². The Morgan fingerprint density at radius 1 is 0.955 bits per heavy atom. The van der Waals surface area contributed by atoms with E-state index in [1.807, 2.05) is 42.5 Å². The van der Waals surface area contributed by atoms with Gasteiger partial charge in [0, 0.05) is 10.0 Å². The van der Waals surface area contributed by atoms with Gasteiger partial charge in [-0.1, -0.05) is 34.1 Å². The molecular weight excluding hydrogens is 480 g/mol. The van der Waals surface area contributed by atoms with Crippen LogP contribution in [-0.2, 0) is 6.61 Å². The normalized spacial score (nSPS) is 10.7. The molecule has 7 heteroatoms. The second-order valence-electron chi connectivity index (χ2n) is 4.35. The van der Waals surface area contributed by atoms with Crippen molar-refractivity contribution in [1.82, 2.24) is 10.2 Å². The minimum Gasteiger partial charge on any atom is -0.481 e. The number of nitrogens with zero attached hydrogens (tertiary/aromatic N) is 2. The molecular formula is C15H9Br3N2O2. The fraction of sp³-hybridized carbons (Fsp3) is 0.0667. The molecule has 0 radical (unpaired) electrons. The summed E-state index contributed by atoms with van der Waals surface area (Å²) in [6.45, 7) is 0.193. The Kier molecular flexibility index (Phi) is 4.95. The molecule has 0 saturated heterocycles. The van der Waals surface area contributed by atoms with Crippen LogP contribution in [0.25, 0.3) is 11.5 Å². The molecule has 3 rings (SSSR count). The van der Waals surface area contributed by atoms with Crippen LogP contribution in [0.15, 0.2) is 60.3 Å². The number of hydrogen-bond acceptors (Lipinski definition) is 4. The molecule has 0 amide bonds. The highest BCUT2D eigenvalue weighted by Gasteiger charge is 2.12. The van der Waals surface area contributed by atoms with Crippen LogP contribution in [0.1, 0.15) is 5.89 Å². The first kappa shape index (κ1) is 15.7. The highest BCUT2D eigenvalue weighted by molar-refractivity contribution is 9.11. The first-order valence-electron chi connectivity index (χ1n) is 6.28. The number of rotatable bonds is 4. The Morgan fingerprint density at radius 3 is 2.32 bits per heavy atom. The van der Waals surface area contributed by atoms with Crippen molar-refractivity contribution >= 4 is 47.8 Å². The molecule has 0 saturated carbocycles. The van der Waals surface area contributed by atoms with Gasteiger partial charge in [-0.3, -0.25) is 0 Å². The zero-order chi connectivity index (χ0) is 15.5. The summed E-state index contributed by atoms with van der Waals surface area (Å²) in [6.07, 6.45) is 0. The van der Waals surface area contributed by atoms with Crippen LogP contribution in [-0.4, -0.2) is 10.2 Å². The summed E-state index contributed by atoms with van der Waals surface area (Å²) < 4.78 is 14.0. The summed E-state index contributed by atoms with van der Waals surface area (Å²) in [7, 11) is 0. The fourth-order valence-corrected chi connectivity index (χ4v) is 4.30. The molecule has 2 aromatic carbocycles. The molecule has 0 aliphatic heterocycles. The second kappa shape index (κ2) is 6.93. The molecule has 0 spiro atoms. The van der Waals surface area contributed by atoms with Gasteiger partial charge in [-0.05, 0) is 56.1 Å². The van der Waals surface area contributed by atoms with E-state index < -0.39 is 0 Å². The van der Waals surface area contributed by atoms with E-state index in [2.05, 4.69) is 58.0 Å². The third-order valence-corrected chi connectivity index (χ3v) is 4.43. The van der Waals surface area contributed by atoms with E-state index in [-0.39, 0.29) is 6.61 Å². The molecule has 0 bridgehead atoms. The summed E-state index contributed by atoms with van der Waals surface area (Å²) in [5, 5.41) is 8.03. The van der Waals surface area contributed by atoms with Crippen LogP contribution >= 0.6 is 47.8 Å². The molecule has 0 N–H and O–H groups in total. The average molecular weight is 489 g/mol. The lowest BCUT2D eigenvalue weighted by Crippen LogP contribution is -1.97. The molecule has 0 atom stereocenters. The molecule has 3 aromatic rings. The van der Waals surface area contributed by atoms with Gasteiger partial charge in [0.1, 0.15) is 5.75 Å². The van der Waals surface area contributed by atoms with Gasteiger partial charge in [0.15, 0.2) is 6.61 Å². The maximum atomic E-state index is 5.75. The third-order valence-electron chi connectivity index (χ3n) is 2.79. The van der Waals surface area contributed by atoms with Crippen LogP contribution in [0.5, 0.6) is 5.75 Å². The van der Waals surface area contributed by atoms with Gasteiger partial charge in [0.05, 0.1) is 8.95 Å². The number of benzene rings is 2. The zero-order valence-corrected chi connectivity index (χ0v) is 15.9. The van der Waals surface area contributed by atoms with E-state index in [1.165, 1.54) is 0 Å². The van der Waals surface area contributed by atoms with Crippen molar-refractivity contribution in [2.45, 2.75) is 6.61 Å². The average Bonchev–Trinajstić information content (AvgIpc) is 2.96. The van der Waals surface area contributed by atoms with Crippen molar-refractivity contribution in [3.05, 3.63) is 61.8 Å². The largest absolute Gasteiger partial charge is 0.481 e. The van der Waals surface area contributed by atoms with Crippen LogP contribution in [0.3, 0.4) is 0 Å². The summed E-state index contributed by atoms with van der Waals surface area (Å²) in [6, 6.07) is 13.4. The molecule has 0 unspecified atom stereocenters. The number of ether oxygens (including phenoxy) is 1. The van der Waals surface area contributed by atoms with E-state index in [9.17, 15) is 0 Å². The fourth-order valence-electron chi connectivity index (χ4n) is 1.81. The first-order valence-corrected chi connectivity index (χ1v) is 8.66. The second-order valence-corrected chi connectivity index (χ2v) is 6.98. The van der Waals surface area contributed by atoms with Gasteiger partial charge in [0.25, 0.3) is 5.89 Å². The van der Waals surface area contributed by atoms with Crippen LogP contribution < -0.4 is 4.74 Å².